The van der Waals surface area contributed by atoms with Crippen LogP contribution >= 0.6 is 0 Å². The molecule has 0 bridgehead atoms. The van der Waals surface area contributed by atoms with Crippen LogP contribution in [-0.2, 0) is 4.74 Å². The fourth-order valence-electron chi connectivity index (χ4n) is 1.48. The van der Waals surface area contributed by atoms with Crippen LogP contribution in [-0.4, -0.2) is 59.0 Å². The second-order valence-electron chi connectivity index (χ2n) is 4.00. The van der Waals surface area contributed by atoms with Gasteiger partial charge >= 0.3 is 0 Å². The zero-order valence-corrected chi connectivity index (χ0v) is 10.8. The van der Waals surface area contributed by atoms with E-state index in [1.165, 1.54) is 0 Å². The highest BCUT2D eigenvalue weighted by Gasteiger charge is 2.54. The van der Waals surface area contributed by atoms with E-state index in [2.05, 4.69) is 4.74 Å². The predicted octanol–water partition coefficient (Wildman–Crippen LogP) is 1.63. The number of nitrogens with zero attached hydrogens (tertiary/aromatic N) is 4. The van der Waals surface area contributed by atoms with Crippen LogP contribution in [0.25, 0.3) is 0 Å². The summed E-state index contributed by atoms with van der Waals surface area (Å²) in [4.78, 5) is 0. The Morgan fingerprint density at radius 3 is 1.13 bits per heavy atom. The van der Waals surface area contributed by atoms with E-state index in [4.69, 9.17) is 0 Å². The number of hydrogen-bond donors (Lipinski definition) is 2. The topological polar surface area (TPSA) is 46.3 Å². The zero-order chi connectivity index (χ0) is 18.3. The minimum absolute atomic E-state index is 0.467. The first kappa shape index (κ1) is 22.0. The summed E-state index contributed by atoms with van der Waals surface area (Å²) >= 11 is 0. The smallest absolute Gasteiger partial charge is 0.216 e. The van der Waals surface area contributed by atoms with Crippen molar-refractivity contribution in [3.05, 3.63) is 0 Å². The Morgan fingerprint density at radius 1 is 0.652 bits per heavy atom. The van der Waals surface area contributed by atoms with Crippen molar-refractivity contribution in [2.75, 3.05) is 26.2 Å². The van der Waals surface area contributed by atoms with E-state index in [-0.39, 0.29) is 0 Å². The lowest BCUT2D eigenvalue weighted by Crippen LogP contribution is -2.65. The molecule has 2 N–H and O–H groups in total. The van der Waals surface area contributed by atoms with Gasteiger partial charge in [0.25, 0.3) is 0 Å². The van der Waals surface area contributed by atoms with Crippen molar-refractivity contribution in [3.8, 4) is 0 Å². The first-order valence-corrected chi connectivity index (χ1v) is 5.34. The highest BCUT2D eigenvalue weighted by molar-refractivity contribution is 4.86. The maximum absolute atomic E-state index is 12.8. The number of rotatable bonds is 12. The summed E-state index contributed by atoms with van der Waals surface area (Å²) in [6, 6.07) is 0. The monoisotopic (exact) mass is 372 g/mol. The van der Waals surface area contributed by atoms with E-state index < -0.39 is 59.0 Å². The van der Waals surface area contributed by atoms with Gasteiger partial charge in [-0.05, 0) is 0 Å². The summed E-state index contributed by atoms with van der Waals surface area (Å²) in [7, 11) is 0. The number of nitrogens with one attached hydrogen (secondary N) is 2. The third-order valence-corrected chi connectivity index (χ3v) is 2.42. The van der Waals surface area contributed by atoms with Crippen LogP contribution in [0.4, 0.5) is 44.8 Å². The van der Waals surface area contributed by atoms with Gasteiger partial charge in [-0.2, -0.15) is 11.1 Å². The van der Waals surface area contributed by atoms with Gasteiger partial charge in [0.05, 0.1) is 23.8 Å². The van der Waals surface area contributed by atoms with Crippen LogP contribution < -0.4 is 11.1 Å². The molecule has 2 unspecified atom stereocenters. The molecule has 0 aliphatic carbocycles. The maximum Gasteiger partial charge on any atom is 0.216 e. The molecule has 0 aliphatic heterocycles. The Morgan fingerprint density at radius 2 is 0.957 bits per heavy atom. The molecule has 0 aliphatic rings. The molecule has 2 atom stereocenters. The normalized spacial score (nSPS) is 18.0. The van der Waals surface area contributed by atoms with E-state index in [9.17, 15) is 44.8 Å². The second kappa shape index (κ2) is 9.35. The molecule has 0 rings (SSSR count). The van der Waals surface area contributed by atoms with Gasteiger partial charge in [0, 0.05) is 10.7 Å². The Balaban J connectivity index is 5.80. The van der Waals surface area contributed by atoms with Crippen molar-refractivity contribution >= 4 is 0 Å². The molecule has 23 heavy (non-hydrogen) atoms. The Kier molecular flexibility index (Phi) is 8.95. The van der Waals surface area contributed by atoms with Crippen LogP contribution in [0.15, 0.2) is 0 Å². The number of ether oxygens (including phenoxy) is 1. The Bertz CT molecular complexity index is 309. The molecule has 7 nitrogen and oxygen atoms in total. The fraction of sp³-hybridized carbons (Fsp3) is 1.00. The highest BCUT2D eigenvalue weighted by atomic mass is 19.4. The molecular weight excluding hydrogens is 362 g/mol. The Labute approximate surface area is 121 Å². The first-order chi connectivity index (χ1) is 10.5. The molecule has 0 radical (unpaired) electrons. The molecule has 0 saturated carbocycles. The molecule has 0 spiro atoms. The highest BCUT2D eigenvalue weighted by Crippen LogP contribution is 2.31. The molecule has 0 amide bonds. The van der Waals surface area contributed by atoms with E-state index in [1.54, 1.807) is 0 Å². The fourth-order valence-corrected chi connectivity index (χ4v) is 1.48. The average Bonchev–Trinajstić information content (AvgIpc) is 2.36. The van der Waals surface area contributed by atoms with Crippen molar-refractivity contribution in [1.82, 2.24) is 32.5 Å². The number of hydrogen-bond acceptors (Lipinski definition) is 7. The molecule has 0 heterocycles. The van der Waals surface area contributed by atoms with Gasteiger partial charge in [-0.15, -0.1) is 26.9 Å². The van der Waals surface area contributed by atoms with Crippen LogP contribution in [0, 0.1) is 0 Å². The van der Waals surface area contributed by atoms with E-state index in [0.717, 1.165) is 0 Å². The molecule has 17 heteroatoms. The van der Waals surface area contributed by atoms with Gasteiger partial charge in [-0.25, -0.2) is 0 Å². The van der Waals surface area contributed by atoms with Crippen LogP contribution in [0.3, 0.4) is 0 Å². The van der Waals surface area contributed by atoms with Gasteiger partial charge in [0.2, 0.25) is 11.4 Å². The largest absolute Gasteiger partial charge is 0.322 e. The lowest BCUT2D eigenvalue weighted by atomic mass is 10.1. The van der Waals surface area contributed by atoms with Crippen LogP contribution in [0.1, 0.15) is 0 Å². The third kappa shape index (κ3) is 6.20. The summed E-state index contributed by atoms with van der Waals surface area (Å²) in [5, 5.41) is -8.49. The van der Waals surface area contributed by atoms with E-state index in [0.29, 0.717) is 11.1 Å². The summed E-state index contributed by atoms with van der Waals surface area (Å²) < 4.78 is 128. The van der Waals surface area contributed by atoms with Crippen LogP contribution in [0.2, 0.25) is 0 Å². The van der Waals surface area contributed by atoms with Crippen LogP contribution in [0.5, 0.6) is 0 Å². The first-order valence-electron chi connectivity index (χ1n) is 5.34. The number of halogens is 10. The minimum atomic E-state index is -3.87. The zero-order valence-electron chi connectivity index (χ0n) is 10.8. The van der Waals surface area contributed by atoms with Gasteiger partial charge < -0.3 is 4.74 Å². The SMILES string of the molecule is FNCC(CN(F)F)(OC(CNF)(CN(F)F)N(F)F)N(F)F. The summed E-state index contributed by atoms with van der Waals surface area (Å²) in [6.07, 6.45) is 0. The molecule has 0 aromatic carbocycles. The molecule has 0 aromatic rings. The van der Waals surface area contributed by atoms with Gasteiger partial charge in [0.15, 0.2) is 0 Å². The third-order valence-electron chi connectivity index (χ3n) is 2.42. The molecular formula is C6H10F10N6O. The predicted molar refractivity (Wildman–Crippen MR) is 50.7 cm³/mol. The molecule has 0 aromatic heterocycles. The van der Waals surface area contributed by atoms with Crippen molar-refractivity contribution in [2.45, 2.75) is 11.4 Å². The standard InChI is InChI=1S/C6H10F10N6O/c7-17-1-5(21(13)14,3-19(9)10)23-6(2-18-8,22(15)16)4-20(11)12/h17-18H,1-4H2. The van der Waals surface area contributed by atoms with Crippen molar-refractivity contribution < 1.29 is 49.5 Å². The second-order valence-corrected chi connectivity index (χ2v) is 4.00. The maximum atomic E-state index is 12.8. The Hall–Kier alpha value is -0.980. The molecule has 0 saturated heterocycles. The van der Waals surface area contributed by atoms with Crippen molar-refractivity contribution in [1.29, 1.82) is 0 Å². The van der Waals surface area contributed by atoms with Crippen molar-refractivity contribution in [3.63, 3.8) is 0 Å². The lowest BCUT2D eigenvalue weighted by molar-refractivity contribution is -0.435. The summed E-state index contributed by atoms with van der Waals surface area (Å²) in [5.41, 5.74) is -6.81. The van der Waals surface area contributed by atoms with Gasteiger partial charge in [0.1, 0.15) is 13.1 Å². The minimum Gasteiger partial charge on any atom is -0.322 e. The van der Waals surface area contributed by atoms with E-state index >= 15 is 0 Å². The quantitative estimate of drug-likeness (QED) is 0.307. The van der Waals surface area contributed by atoms with Gasteiger partial charge in [-0.3, -0.25) is 0 Å². The molecule has 0 fully saturated rings. The summed E-state index contributed by atoms with van der Waals surface area (Å²) in [5.74, 6) is 0. The lowest BCUT2D eigenvalue weighted by Gasteiger charge is -2.41. The molecule has 140 valence electrons. The summed E-state index contributed by atoms with van der Waals surface area (Å²) in [6.45, 7) is -8.16. The average molecular weight is 372 g/mol. The van der Waals surface area contributed by atoms with Crippen molar-refractivity contribution in [2.24, 2.45) is 0 Å². The van der Waals surface area contributed by atoms with Gasteiger partial charge in [-0.1, -0.05) is 17.9 Å². The van der Waals surface area contributed by atoms with E-state index in [1.807, 2.05) is 0 Å².